The number of hydrogen-bond donors (Lipinski definition) is 2. The highest BCUT2D eigenvalue weighted by Gasteiger charge is 2.16. The monoisotopic (exact) mass is 277 g/mol. The lowest BCUT2D eigenvalue weighted by Gasteiger charge is -2.19. The van der Waals surface area contributed by atoms with E-state index in [9.17, 15) is 0 Å². The Hall–Kier alpha value is -1.16. The molecule has 0 spiro atoms. The van der Waals surface area contributed by atoms with Gasteiger partial charge in [0, 0.05) is 12.2 Å². The van der Waals surface area contributed by atoms with Crippen LogP contribution >= 0.6 is 12.2 Å². The van der Waals surface area contributed by atoms with Gasteiger partial charge >= 0.3 is 0 Å². The Morgan fingerprint density at radius 2 is 2.16 bits per heavy atom. The van der Waals surface area contributed by atoms with Crippen molar-refractivity contribution in [1.29, 1.82) is 0 Å². The predicted octanol–water partition coefficient (Wildman–Crippen LogP) is 3.20. The molecule has 0 saturated heterocycles. The van der Waals surface area contributed by atoms with Gasteiger partial charge in [0.1, 0.15) is 10.8 Å². The SMILES string of the molecule is CCCCCNc1nc2c(cc1C(N)=S)CCCC2. The Morgan fingerprint density at radius 3 is 2.89 bits per heavy atom. The number of fused-ring (bicyclic) bond motifs is 1. The first-order valence-electron chi connectivity index (χ1n) is 7.29. The molecule has 1 aromatic heterocycles. The van der Waals surface area contributed by atoms with Crippen LogP contribution in [0.2, 0.25) is 0 Å². The lowest BCUT2D eigenvalue weighted by Crippen LogP contribution is -2.18. The third-order valence-electron chi connectivity index (χ3n) is 3.64. The molecule has 0 aliphatic heterocycles. The standard InChI is InChI=1S/C15H23N3S/c1-2-3-6-9-17-15-12(14(16)19)10-11-7-4-5-8-13(11)18-15/h10H,2-9H2,1H3,(H2,16,19)(H,17,18). The second kappa shape index (κ2) is 6.85. The number of unbranched alkanes of at least 4 members (excludes halogenated alkanes) is 2. The largest absolute Gasteiger partial charge is 0.389 e. The molecule has 3 nitrogen and oxygen atoms in total. The molecule has 104 valence electrons. The Bertz CT molecular complexity index is 457. The van der Waals surface area contributed by atoms with E-state index in [0.29, 0.717) is 4.99 Å². The average molecular weight is 277 g/mol. The average Bonchev–Trinajstić information content (AvgIpc) is 2.42. The molecule has 19 heavy (non-hydrogen) atoms. The van der Waals surface area contributed by atoms with Gasteiger partial charge in [0.05, 0.1) is 5.56 Å². The van der Waals surface area contributed by atoms with Crippen molar-refractivity contribution in [2.45, 2.75) is 51.9 Å². The molecule has 3 N–H and O–H groups in total. The molecule has 2 rings (SSSR count). The smallest absolute Gasteiger partial charge is 0.136 e. The summed E-state index contributed by atoms with van der Waals surface area (Å²) in [7, 11) is 0. The van der Waals surface area contributed by atoms with Gasteiger partial charge in [-0.2, -0.15) is 0 Å². The topological polar surface area (TPSA) is 50.9 Å². The zero-order valence-corrected chi connectivity index (χ0v) is 12.5. The fourth-order valence-electron chi connectivity index (χ4n) is 2.54. The summed E-state index contributed by atoms with van der Waals surface area (Å²) in [5, 5.41) is 3.40. The van der Waals surface area contributed by atoms with Gasteiger partial charge < -0.3 is 11.1 Å². The number of hydrogen-bond acceptors (Lipinski definition) is 3. The lowest BCUT2D eigenvalue weighted by molar-refractivity contribution is 0.667. The maximum Gasteiger partial charge on any atom is 0.136 e. The third-order valence-corrected chi connectivity index (χ3v) is 3.86. The zero-order chi connectivity index (χ0) is 13.7. The van der Waals surface area contributed by atoms with E-state index in [1.165, 1.54) is 36.9 Å². The van der Waals surface area contributed by atoms with Gasteiger partial charge in [0.25, 0.3) is 0 Å². The number of anilines is 1. The minimum absolute atomic E-state index is 0.443. The highest BCUT2D eigenvalue weighted by molar-refractivity contribution is 7.80. The first-order chi connectivity index (χ1) is 9.22. The number of aromatic nitrogens is 1. The van der Waals surface area contributed by atoms with Crippen LogP contribution in [0, 0.1) is 0 Å². The van der Waals surface area contributed by atoms with Gasteiger partial charge in [0.15, 0.2) is 0 Å². The normalized spacial score (nSPS) is 13.9. The zero-order valence-electron chi connectivity index (χ0n) is 11.7. The number of nitrogens with two attached hydrogens (primary N) is 1. The molecule has 0 radical (unpaired) electrons. The van der Waals surface area contributed by atoms with Crippen LogP contribution in [0.4, 0.5) is 5.82 Å². The number of nitrogens with one attached hydrogen (secondary N) is 1. The molecule has 0 bridgehead atoms. The van der Waals surface area contributed by atoms with Crippen molar-refractivity contribution in [3.8, 4) is 0 Å². The second-order valence-electron chi connectivity index (χ2n) is 5.20. The molecule has 1 heterocycles. The highest BCUT2D eigenvalue weighted by atomic mass is 32.1. The lowest BCUT2D eigenvalue weighted by atomic mass is 9.94. The van der Waals surface area contributed by atoms with E-state index in [4.69, 9.17) is 22.9 Å². The first kappa shape index (κ1) is 14.3. The van der Waals surface area contributed by atoms with E-state index in [2.05, 4.69) is 18.3 Å². The molecule has 4 heteroatoms. The van der Waals surface area contributed by atoms with Crippen LogP contribution < -0.4 is 11.1 Å². The fraction of sp³-hybridized carbons (Fsp3) is 0.600. The molecule has 0 amide bonds. The molecule has 0 atom stereocenters. The Balaban J connectivity index is 2.17. The van der Waals surface area contributed by atoms with E-state index in [1.54, 1.807) is 0 Å². The van der Waals surface area contributed by atoms with Gasteiger partial charge in [-0.05, 0) is 43.7 Å². The van der Waals surface area contributed by atoms with Crippen LogP contribution in [0.25, 0.3) is 0 Å². The van der Waals surface area contributed by atoms with E-state index < -0.39 is 0 Å². The van der Waals surface area contributed by atoms with Gasteiger partial charge in [-0.1, -0.05) is 32.0 Å². The van der Waals surface area contributed by atoms with Crippen molar-refractivity contribution < 1.29 is 0 Å². The first-order valence-corrected chi connectivity index (χ1v) is 7.69. The fourth-order valence-corrected chi connectivity index (χ4v) is 2.69. The highest BCUT2D eigenvalue weighted by Crippen LogP contribution is 2.24. The van der Waals surface area contributed by atoms with Gasteiger partial charge in [-0.15, -0.1) is 0 Å². The van der Waals surface area contributed by atoms with E-state index in [0.717, 1.165) is 37.2 Å². The van der Waals surface area contributed by atoms with Crippen LogP contribution in [0.3, 0.4) is 0 Å². The maximum absolute atomic E-state index is 5.83. The van der Waals surface area contributed by atoms with Gasteiger partial charge in [-0.3, -0.25) is 0 Å². The molecule has 1 aromatic rings. The molecule has 1 aliphatic carbocycles. The van der Waals surface area contributed by atoms with Crippen molar-refractivity contribution in [2.75, 3.05) is 11.9 Å². The summed E-state index contributed by atoms with van der Waals surface area (Å²) in [5.74, 6) is 0.879. The molecular weight excluding hydrogens is 254 g/mol. The number of pyridine rings is 1. The summed E-state index contributed by atoms with van der Waals surface area (Å²) in [4.78, 5) is 5.20. The molecule has 0 unspecified atom stereocenters. The maximum atomic E-state index is 5.83. The summed E-state index contributed by atoms with van der Waals surface area (Å²) in [6.45, 7) is 3.15. The van der Waals surface area contributed by atoms with Crippen molar-refractivity contribution in [3.63, 3.8) is 0 Å². The molecule has 0 fully saturated rings. The van der Waals surface area contributed by atoms with Crippen LogP contribution in [-0.4, -0.2) is 16.5 Å². The Labute approximate surface area is 121 Å². The molecule has 0 saturated carbocycles. The minimum atomic E-state index is 0.443. The van der Waals surface area contributed by atoms with Crippen molar-refractivity contribution in [3.05, 3.63) is 22.9 Å². The molecule has 0 aromatic carbocycles. The predicted molar refractivity (Wildman–Crippen MR) is 84.8 cm³/mol. The second-order valence-corrected chi connectivity index (χ2v) is 5.64. The quantitative estimate of drug-likeness (QED) is 0.619. The number of rotatable bonds is 6. The van der Waals surface area contributed by atoms with Crippen LogP contribution in [-0.2, 0) is 12.8 Å². The molecule has 1 aliphatic rings. The van der Waals surface area contributed by atoms with Gasteiger partial charge in [0.2, 0.25) is 0 Å². The minimum Gasteiger partial charge on any atom is -0.389 e. The number of nitrogens with zero attached hydrogens (tertiary/aromatic N) is 1. The van der Waals surface area contributed by atoms with Crippen molar-refractivity contribution in [1.82, 2.24) is 4.98 Å². The summed E-state index contributed by atoms with van der Waals surface area (Å²) < 4.78 is 0. The molecular formula is C15H23N3S. The van der Waals surface area contributed by atoms with E-state index in [-0.39, 0.29) is 0 Å². The van der Waals surface area contributed by atoms with Crippen LogP contribution in [0.1, 0.15) is 55.8 Å². The summed E-state index contributed by atoms with van der Waals surface area (Å²) >= 11 is 5.15. The summed E-state index contributed by atoms with van der Waals surface area (Å²) in [5.41, 5.74) is 9.29. The Morgan fingerprint density at radius 1 is 1.37 bits per heavy atom. The van der Waals surface area contributed by atoms with Crippen LogP contribution in [0.15, 0.2) is 6.07 Å². The van der Waals surface area contributed by atoms with Crippen molar-refractivity contribution >= 4 is 23.0 Å². The van der Waals surface area contributed by atoms with E-state index in [1.807, 2.05) is 0 Å². The Kier molecular flexibility index (Phi) is 5.14. The third kappa shape index (κ3) is 3.66. The van der Waals surface area contributed by atoms with E-state index >= 15 is 0 Å². The van der Waals surface area contributed by atoms with Crippen LogP contribution in [0.5, 0.6) is 0 Å². The number of aryl methyl sites for hydroxylation is 2. The summed E-state index contributed by atoms with van der Waals surface area (Å²) in [6.07, 6.45) is 8.29. The van der Waals surface area contributed by atoms with Crippen molar-refractivity contribution in [2.24, 2.45) is 5.73 Å². The number of thiocarbonyl (C=S) groups is 1. The summed E-state index contributed by atoms with van der Waals surface area (Å²) in [6, 6.07) is 2.14. The van der Waals surface area contributed by atoms with Gasteiger partial charge in [-0.25, -0.2) is 4.98 Å².